The second-order valence-corrected chi connectivity index (χ2v) is 9.19. The Morgan fingerprint density at radius 1 is 1.09 bits per heavy atom. The van der Waals surface area contributed by atoms with Gasteiger partial charge >= 0.3 is 0 Å². The SMILES string of the molecule is C[C@H](NC(=O)c1ccc([C@@H]2SCC(=O)N2Cc2ccc(Cl)cc2)cc1)c1ccc(F)cc1. The van der Waals surface area contributed by atoms with Crippen molar-refractivity contribution in [1.82, 2.24) is 10.2 Å². The Morgan fingerprint density at radius 2 is 1.75 bits per heavy atom. The molecular weight excluding hydrogens is 447 g/mol. The fraction of sp³-hybridized carbons (Fsp3) is 0.200. The molecule has 0 radical (unpaired) electrons. The normalized spacial score (nSPS) is 16.8. The molecule has 1 aliphatic heterocycles. The third-order valence-corrected chi connectivity index (χ3v) is 6.92. The minimum absolute atomic E-state index is 0.0879. The molecule has 1 N–H and O–H groups in total. The van der Waals surface area contributed by atoms with Gasteiger partial charge in [0.2, 0.25) is 5.91 Å². The van der Waals surface area contributed by atoms with Crippen LogP contribution in [0.15, 0.2) is 72.8 Å². The number of hydrogen-bond donors (Lipinski definition) is 1. The van der Waals surface area contributed by atoms with Crippen molar-refractivity contribution in [2.75, 3.05) is 5.75 Å². The van der Waals surface area contributed by atoms with Crippen LogP contribution in [-0.2, 0) is 11.3 Å². The first-order chi connectivity index (χ1) is 15.4. The van der Waals surface area contributed by atoms with Gasteiger partial charge in [-0.05, 0) is 60.0 Å². The van der Waals surface area contributed by atoms with Crippen molar-refractivity contribution in [2.24, 2.45) is 0 Å². The van der Waals surface area contributed by atoms with Crippen LogP contribution in [0.4, 0.5) is 4.39 Å². The molecule has 32 heavy (non-hydrogen) atoms. The third kappa shape index (κ3) is 5.14. The van der Waals surface area contributed by atoms with Gasteiger partial charge in [-0.3, -0.25) is 9.59 Å². The van der Waals surface area contributed by atoms with Crippen molar-refractivity contribution in [2.45, 2.75) is 24.9 Å². The maximum Gasteiger partial charge on any atom is 0.251 e. The van der Waals surface area contributed by atoms with Gasteiger partial charge in [0.1, 0.15) is 11.2 Å². The summed E-state index contributed by atoms with van der Waals surface area (Å²) in [6, 6.07) is 20.6. The number of nitrogens with zero attached hydrogens (tertiary/aromatic N) is 1. The highest BCUT2D eigenvalue weighted by molar-refractivity contribution is 8.00. The molecule has 4 rings (SSSR count). The van der Waals surface area contributed by atoms with Crippen molar-refractivity contribution in [3.63, 3.8) is 0 Å². The third-order valence-electron chi connectivity index (χ3n) is 5.41. The lowest BCUT2D eigenvalue weighted by atomic mass is 10.1. The first-order valence-corrected chi connectivity index (χ1v) is 11.6. The van der Waals surface area contributed by atoms with Gasteiger partial charge in [-0.15, -0.1) is 11.8 Å². The summed E-state index contributed by atoms with van der Waals surface area (Å²) in [7, 11) is 0. The largest absolute Gasteiger partial charge is 0.346 e. The number of thioether (sulfide) groups is 1. The summed E-state index contributed by atoms with van der Waals surface area (Å²) in [5.41, 5.74) is 3.34. The molecular formula is C25H22ClFN2O2S. The van der Waals surface area contributed by atoms with E-state index in [2.05, 4.69) is 5.32 Å². The molecule has 1 heterocycles. The van der Waals surface area contributed by atoms with Gasteiger partial charge in [-0.2, -0.15) is 0 Å². The molecule has 0 aromatic heterocycles. The standard InChI is InChI=1S/C25H22ClFN2O2S/c1-16(18-8-12-22(27)13-9-18)28-24(31)19-4-6-20(7-5-19)25-29(23(30)15-32-25)14-17-2-10-21(26)11-3-17/h2-13,16,25H,14-15H2,1H3,(H,28,31)/t16-,25-/m0/s1. The fourth-order valence-corrected chi connectivity index (χ4v) is 4.92. The highest BCUT2D eigenvalue weighted by atomic mass is 35.5. The van der Waals surface area contributed by atoms with E-state index in [1.807, 2.05) is 48.2 Å². The number of halogens is 2. The number of nitrogens with one attached hydrogen (secondary N) is 1. The van der Waals surface area contributed by atoms with E-state index in [9.17, 15) is 14.0 Å². The Kier molecular flexibility index (Phi) is 6.82. The van der Waals surface area contributed by atoms with Gasteiger partial charge in [0, 0.05) is 17.1 Å². The lowest BCUT2D eigenvalue weighted by molar-refractivity contribution is -0.128. The average molecular weight is 469 g/mol. The van der Waals surface area contributed by atoms with Gasteiger partial charge in [-0.1, -0.05) is 48.0 Å². The Hall–Kier alpha value is -2.83. The summed E-state index contributed by atoms with van der Waals surface area (Å²) in [6.07, 6.45) is 0. The number of rotatable bonds is 6. The van der Waals surface area contributed by atoms with Crippen LogP contribution < -0.4 is 5.32 Å². The van der Waals surface area contributed by atoms with Crippen LogP contribution >= 0.6 is 23.4 Å². The fourth-order valence-electron chi connectivity index (χ4n) is 3.60. The van der Waals surface area contributed by atoms with Crippen LogP contribution in [0.25, 0.3) is 0 Å². The van der Waals surface area contributed by atoms with Crippen LogP contribution in [0.1, 0.15) is 45.4 Å². The van der Waals surface area contributed by atoms with Crippen molar-refractivity contribution in [1.29, 1.82) is 0 Å². The van der Waals surface area contributed by atoms with E-state index in [0.29, 0.717) is 22.9 Å². The average Bonchev–Trinajstić information content (AvgIpc) is 3.16. The highest BCUT2D eigenvalue weighted by Crippen LogP contribution is 2.39. The van der Waals surface area contributed by atoms with Gasteiger partial charge in [0.25, 0.3) is 5.91 Å². The monoisotopic (exact) mass is 468 g/mol. The zero-order chi connectivity index (χ0) is 22.7. The van der Waals surface area contributed by atoms with Gasteiger partial charge in [0.05, 0.1) is 11.8 Å². The van der Waals surface area contributed by atoms with Crippen molar-refractivity contribution < 1.29 is 14.0 Å². The van der Waals surface area contributed by atoms with E-state index in [-0.39, 0.29) is 29.0 Å². The molecule has 4 nitrogen and oxygen atoms in total. The molecule has 1 aliphatic rings. The topological polar surface area (TPSA) is 49.4 Å². The number of benzene rings is 3. The van der Waals surface area contributed by atoms with Crippen LogP contribution in [0, 0.1) is 5.82 Å². The summed E-state index contributed by atoms with van der Waals surface area (Å²) >= 11 is 7.54. The second-order valence-electron chi connectivity index (χ2n) is 7.68. The second kappa shape index (κ2) is 9.76. The minimum atomic E-state index is -0.309. The predicted molar refractivity (Wildman–Crippen MR) is 126 cm³/mol. The lowest BCUT2D eigenvalue weighted by Gasteiger charge is -2.24. The minimum Gasteiger partial charge on any atom is -0.346 e. The summed E-state index contributed by atoms with van der Waals surface area (Å²) in [4.78, 5) is 27.0. The zero-order valence-electron chi connectivity index (χ0n) is 17.4. The molecule has 3 aromatic rings. The summed E-state index contributed by atoms with van der Waals surface area (Å²) in [5, 5.41) is 3.49. The first kappa shape index (κ1) is 22.4. The smallest absolute Gasteiger partial charge is 0.251 e. The highest BCUT2D eigenvalue weighted by Gasteiger charge is 2.32. The number of carbonyl (C=O) groups is 2. The van der Waals surface area contributed by atoms with Gasteiger partial charge in [-0.25, -0.2) is 4.39 Å². The quantitative estimate of drug-likeness (QED) is 0.501. The number of hydrogen-bond acceptors (Lipinski definition) is 3. The van der Waals surface area contributed by atoms with E-state index in [4.69, 9.17) is 11.6 Å². The molecule has 164 valence electrons. The van der Waals surface area contributed by atoms with Crippen LogP contribution in [-0.4, -0.2) is 22.5 Å². The molecule has 2 amide bonds. The van der Waals surface area contributed by atoms with E-state index in [0.717, 1.165) is 16.7 Å². The lowest BCUT2D eigenvalue weighted by Crippen LogP contribution is -2.28. The molecule has 2 atom stereocenters. The summed E-state index contributed by atoms with van der Waals surface area (Å²) < 4.78 is 13.1. The maximum atomic E-state index is 13.1. The van der Waals surface area contributed by atoms with E-state index in [1.54, 1.807) is 36.0 Å². The molecule has 0 spiro atoms. The number of amides is 2. The molecule has 1 fully saturated rings. The van der Waals surface area contributed by atoms with E-state index in [1.165, 1.54) is 12.1 Å². The molecule has 0 saturated carbocycles. The van der Waals surface area contributed by atoms with Crippen molar-refractivity contribution in [3.05, 3.63) is 106 Å². The molecule has 0 unspecified atom stereocenters. The molecule has 1 saturated heterocycles. The summed E-state index contributed by atoms with van der Waals surface area (Å²) in [6.45, 7) is 2.36. The zero-order valence-corrected chi connectivity index (χ0v) is 19.0. The molecule has 0 bridgehead atoms. The van der Waals surface area contributed by atoms with Crippen LogP contribution in [0.5, 0.6) is 0 Å². The summed E-state index contributed by atoms with van der Waals surface area (Å²) in [5.74, 6) is -0.00181. The number of carbonyl (C=O) groups excluding carboxylic acids is 2. The predicted octanol–water partition coefficient (Wildman–Crippen LogP) is 5.74. The Morgan fingerprint density at radius 3 is 2.41 bits per heavy atom. The Balaban J connectivity index is 1.43. The van der Waals surface area contributed by atoms with Crippen molar-refractivity contribution >= 4 is 35.2 Å². The van der Waals surface area contributed by atoms with Gasteiger partial charge in [0.15, 0.2) is 0 Å². The Labute approximate surface area is 195 Å². The van der Waals surface area contributed by atoms with Crippen LogP contribution in [0.2, 0.25) is 5.02 Å². The maximum absolute atomic E-state index is 13.1. The van der Waals surface area contributed by atoms with E-state index < -0.39 is 0 Å². The van der Waals surface area contributed by atoms with Crippen molar-refractivity contribution in [3.8, 4) is 0 Å². The van der Waals surface area contributed by atoms with E-state index >= 15 is 0 Å². The van der Waals surface area contributed by atoms with Gasteiger partial charge < -0.3 is 10.2 Å². The Bertz CT molecular complexity index is 1100. The van der Waals surface area contributed by atoms with Crippen LogP contribution in [0.3, 0.4) is 0 Å². The molecule has 7 heteroatoms. The molecule has 0 aliphatic carbocycles. The molecule has 3 aromatic carbocycles. The first-order valence-electron chi connectivity index (χ1n) is 10.2.